The van der Waals surface area contributed by atoms with E-state index in [-0.39, 0.29) is 17.7 Å². The van der Waals surface area contributed by atoms with Gasteiger partial charge in [-0.05, 0) is 12.8 Å². The molecule has 1 rings (SSSR count). The molecule has 17 heavy (non-hydrogen) atoms. The summed E-state index contributed by atoms with van der Waals surface area (Å²) in [6, 6.07) is 10.3. The average Bonchev–Trinajstić information content (AvgIpc) is 2.18. The fourth-order valence-corrected chi connectivity index (χ4v) is 0.884. The minimum absolute atomic E-state index is 0.194. The molecule has 1 N–H and O–H groups in total. The van der Waals surface area contributed by atoms with E-state index >= 15 is 0 Å². The van der Waals surface area contributed by atoms with E-state index in [1.807, 2.05) is 32.0 Å². The van der Waals surface area contributed by atoms with Crippen LogP contribution in [-0.2, 0) is 4.79 Å². The molecular weight excluding hydrogens is 259 g/mol. The van der Waals surface area contributed by atoms with Crippen LogP contribution in [0.3, 0.4) is 0 Å². The van der Waals surface area contributed by atoms with Gasteiger partial charge in [0.05, 0.1) is 5.34 Å². The Kier molecular flexibility index (Phi) is 14.6. The number of carboxylic acid groups (broad SMARTS) is 1. The highest BCUT2D eigenvalue weighted by Crippen LogP contribution is 1.96. The van der Waals surface area contributed by atoms with Gasteiger partial charge in [0.1, 0.15) is 0 Å². The lowest BCUT2D eigenvalue weighted by atomic mass is 10.1. The molecule has 98 valence electrons. The summed E-state index contributed by atoms with van der Waals surface area (Å²) in [7, 11) is 0. The zero-order valence-electron chi connectivity index (χ0n) is 10.5. The van der Waals surface area contributed by atoms with Gasteiger partial charge in [0.15, 0.2) is 0 Å². The number of carbonyl (C=O) groups is 1. The third-order valence-corrected chi connectivity index (χ3v) is 1.52. The van der Waals surface area contributed by atoms with Gasteiger partial charge in [-0.15, -0.1) is 23.2 Å². The van der Waals surface area contributed by atoms with Gasteiger partial charge in [-0.25, -0.2) is 0 Å². The molecule has 0 aliphatic rings. The summed E-state index contributed by atoms with van der Waals surface area (Å²) in [6.45, 7) is 5.85. The fraction of sp³-hybridized carbons (Fsp3) is 0.462. The second-order valence-corrected chi connectivity index (χ2v) is 4.56. The highest BCUT2D eigenvalue weighted by molar-refractivity contribution is 6.40. The quantitative estimate of drug-likeness (QED) is 0.807. The molecule has 0 fully saturated rings. The average molecular weight is 279 g/mol. The number of alkyl halides is 2. The number of hydrogen-bond donors (Lipinski definition) is 1. The van der Waals surface area contributed by atoms with Crippen LogP contribution in [0.4, 0.5) is 0 Å². The van der Waals surface area contributed by atoms with Crippen molar-refractivity contribution in [3.05, 3.63) is 35.9 Å². The standard InChI is InChI=1S/C7H8.C5H10O2.CH2Cl2/c1-7-5-3-2-4-6-7;1-4(2)3-5(6)7;2-1-3/h2-6H,1H3;4H,3H2,1-2H3,(H,6,7);1H2. The molecule has 0 amide bonds. The normalized spacial score (nSPS) is 8.59. The number of aliphatic carboxylic acids is 1. The summed E-state index contributed by atoms with van der Waals surface area (Å²) in [5.41, 5.74) is 1.32. The second kappa shape index (κ2) is 13.3. The Morgan fingerprint density at radius 2 is 1.65 bits per heavy atom. The Balaban J connectivity index is 0. The van der Waals surface area contributed by atoms with Gasteiger partial charge in [0, 0.05) is 6.42 Å². The van der Waals surface area contributed by atoms with Crippen molar-refractivity contribution in [2.75, 3.05) is 5.34 Å². The van der Waals surface area contributed by atoms with Crippen molar-refractivity contribution in [3.8, 4) is 0 Å². The van der Waals surface area contributed by atoms with Crippen LogP contribution in [-0.4, -0.2) is 16.4 Å². The smallest absolute Gasteiger partial charge is 0.303 e. The first kappa shape index (κ1) is 18.6. The largest absolute Gasteiger partial charge is 0.481 e. The number of carboxylic acids is 1. The maximum absolute atomic E-state index is 9.81. The first-order valence-corrected chi connectivity index (χ1v) is 6.36. The van der Waals surface area contributed by atoms with E-state index in [9.17, 15) is 4.79 Å². The van der Waals surface area contributed by atoms with E-state index in [1.54, 1.807) is 0 Å². The molecule has 0 bridgehead atoms. The highest BCUT2D eigenvalue weighted by atomic mass is 35.5. The monoisotopic (exact) mass is 278 g/mol. The molecule has 2 nitrogen and oxygen atoms in total. The molecule has 0 heterocycles. The number of halogens is 2. The fourth-order valence-electron chi connectivity index (χ4n) is 0.884. The molecule has 0 spiro atoms. The Bertz CT molecular complexity index is 274. The lowest BCUT2D eigenvalue weighted by Gasteiger charge is -1.94. The molecular formula is C13H20Cl2O2. The van der Waals surface area contributed by atoms with Gasteiger partial charge >= 0.3 is 5.97 Å². The summed E-state index contributed by atoms with van der Waals surface area (Å²) >= 11 is 9.53. The van der Waals surface area contributed by atoms with Crippen molar-refractivity contribution >= 4 is 29.2 Å². The van der Waals surface area contributed by atoms with Gasteiger partial charge in [-0.2, -0.15) is 0 Å². The lowest BCUT2D eigenvalue weighted by Crippen LogP contribution is -1.99. The Hall–Kier alpha value is -0.730. The van der Waals surface area contributed by atoms with Crippen LogP contribution in [0, 0.1) is 12.8 Å². The summed E-state index contributed by atoms with van der Waals surface area (Å²) < 4.78 is 0. The minimum atomic E-state index is -0.713. The van der Waals surface area contributed by atoms with Crippen LogP contribution < -0.4 is 0 Å². The van der Waals surface area contributed by atoms with E-state index in [2.05, 4.69) is 19.1 Å². The van der Waals surface area contributed by atoms with Crippen molar-refractivity contribution in [3.63, 3.8) is 0 Å². The van der Waals surface area contributed by atoms with Crippen LogP contribution in [0.15, 0.2) is 30.3 Å². The van der Waals surface area contributed by atoms with E-state index in [0.29, 0.717) is 0 Å². The van der Waals surface area contributed by atoms with E-state index in [4.69, 9.17) is 28.3 Å². The summed E-state index contributed by atoms with van der Waals surface area (Å²) in [4.78, 5) is 9.81. The molecule has 0 aliphatic carbocycles. The minimum Gasteiger partial charge on any atom is -0.481 e. The van der Waals surface area contributed by atoms with Crippen molar-refractivity contribution < 1.29 is 9.90 Å². The second-order valence-electron chi connectivity index (χ2n) is 3.75. The SMILES string of the molecule is CC(C)CC(=O)O.Cc1ccccc1.ClCCl. The van der Waals surface area contributed by atoms with E-state index < -0.39 is 5.97 Å². The summed E-state index contributed by atoms with van der Waals surface area (Å²) in [6.07, 6.45) is 0.278. The number of hydrogen-bond acceptors (Lipinski definition) is 1. The van der Waals surface area contributed by atoms with Gasteiger partial charge in [-0.3, -0.25) is 4.79 Å². The number of rotatable bonds is 2. The van der Waals surface area contributed by atoms with Crippen molar-refractivity contribution in [1.29, 1.82) is 0 Å². The summed E-state index contributed by atoms with van der Waals surface area (Å²) in [5.74, 6) is -0.438. The Morgan fingerprint density at radius 3 is 1.76 bits per heavy atom. The lowest BCUT2D eigenvalue weighted by molar-refractivity contribution is -0.137. The van der Waals surface area contributed by atoms with Crippen LogP contribution in [0.25, 0.3) is 0 Å². The molecule has 0 radical (unpaired) electrons. The zero-order chi connectivity index (χ0) is 13.7. The van der Waals surface area contributed by atoms with Crippen molar-refractivity contribution in [2.24, 2.45) is 5.92 Å². The highest BCUT2D eigenvalue weighted by Gasteiger charge is 1.98. The predicted molar refractivity (Wildman–Crippen MR) is 74.8 cm³/mol. The van der Waals surface area contributed by atoms with Crippen LogP contribution in [0.1, 0.15) is 25.8 Å². The van der Waals surface area contributed by atoms with Crippen LogP contribution in [0.5, 0.6) is 0 Å². The third kappa shape index (κ3) is 21.2. The van der Waals surface area contributed by atoms with Gasteiger partial charge < -0.3 is 5.11 Å². The molecule has 0 aromatic heterocycles. The van der Waals surface area contributed by atoms with E-state index in [0.717, 1.165) is 0 Å². The van der Waals surface area contributed by atoms with Crippen molar-refractivity contribution in [2.45, 2.75) is 27.2 Å². The van der Waals surface area contributed by atoms with E-state index in [1.165, 1.54) is 5.56 Å². The van der Waals surface area contributed by atoms with Crippen LogP contribution >= 0.6 is 23.2 Å². The molecule has 0 unspecified atom stereocenters. The van der Waals surface area contributed by atoms with Crippen molar-refractivity contribution in [1.82, 2.24) is 0 Å². The Labute approximate surface area is 114 Å². The molecule has 1 aromatic carbocycles. The Morgan fingerprint density at radius 1 is 1.24 bits per heavy atom. The third-order valence-electron chi connectivity index (χ3n) is 1.52. The maximum atomic E-state index is 9.81. The zero-order valence-corrected chi connectivity index (χ0v) is 12.0. The van der Waals surface area contributed by atoms with Gasteiger partial charge in [-0.1, -0.05) is 49.7 Å². The first-order chi connectivity index (χ1) is 7.93. The molecule has 4 heteroatoms. The van der Waals surface area contributed by atoms with Gasteiger partial charge in [0.25, 0.3) is 0 Å². The number of aryl methyl sites for hydroxylation is 1. The molecule has 0 saturated carbocycles. The molecule has 1 aromatic rings. The van der Waals surface area contributed by atoms with Gasteiger partial charge in [0.2, 0.25) is 0 Å². The predicted octanol–water partition coefficient (Wildman–Crippen LogP) is 4.53. The molecule has 0 saturated heterocycles. The maximum Gasteiger partial charge on any atom is 0.303 e. The first-order valence-electron chi connectivity index (χ1n) is 5.29. The molecule has 0 aliphatic heterocycles. The van der Waals surface area contributed by atoms with Crippen LogP contribution in [0.2, 0.25) is 0 Å². The topological polar surface area (TPSA) is 37.3 Å². The summed E-state index contributed by atoms with van der Waals surface area (Å²) in [5, 5.41) is 8.28. The number of benzene rings is 1. The molecule has 0 atom stereocenters.